The normalized spacial score (nSPS) is 11.0. The summed E-state index contributed by atoms with van der Waals surface area (Å²) in [6.07, 6.45) is 1.55. The quantitative estimate of drug-likeness (QED) is 0.718. The summed E-state index contributed by atoms with van der Waals surface area (Å²) < 4.78 is 12.7. The predicted octanol–water partition coefficient (Wildman–Crippen LogP) is 4.04. The van der Waals surface area contributed by atoms with Crippen molar-refractivity contribution in [1.29, 1.82) is 0 Å². The predicted molar refractivity (Wildman–Crippen MR) is 97.3 cm³/mol. The van der Waals surface area contributed by atoms with Gasteiger partial charge >= 0.3 is 5.97 Å². The molecule has 1 N–H and O–H groups in total. The van der Waals surface area contributed by atoms with Crippen molar-refractivity contribution in [2.24, 2.45) is 0 Å². The lowest BCUT2D eigenvalue weighted by atomic mass is 10.1. The molecule has 25 heavy (non-hydrogen) atoms. The maximum atomic E-state index is 11.5. The van der Waals surface area contributed by atoms with E-state index in [1.165, 1.54) is 11.3 Å². The van der Waals surface area contributed by atoms with E-state index in [0.29, 0.717) is 27.8 Å². The monoisotopic (exact) mass is 360 g/mol. The Morgan fingerprint density at radius 1 is 1.32 bits per heavy atom. The molecule has 0 amide bonds. The van der Waals surface area contributed by atoms with Crippen LogP contribution in [0, 0.1) is 6.92 Å². The Kier molecular flexibility index (Phi) is 4.67. The number of benzene rings is 1. The molecule has 0 spiro atoms. The summed E-state index contributed by atoms with van der Waals surface area (Å²) in [6.45, 7) is 3.99. The minimum atomic E-state index is -0.904. The van der Waals surface area contributed by atoms with Crippen LogP contribution in [0.3, 0.4) is 0 Å². The summed E-state index contributed by atoms with van der Waals surface area (Å²) in [7, 11) is 3.23. The first-order valence-corrected chi connectivity index (χ1v) is 8.79. The molecule has 0 aliphatic heterocycles. The molecule has 0 bridgehead atoms. The minimum Gasteiger partial charge on any atom is -0.497 e. The van der Waals surface area contributed by atoms with E-state index in [9.17, 15) is 9.90 Å². The molecule has 0 atom stereocenters. The van der Waals surface area contributed by atoms with Crippen molar-refractivity contribution in [3.8, 4) is 22.8 Å². The maximum Gasteiger partial charge on any atom is 0.347 e. The minimum absolute atomic E-state index is 0.358. The van der Waals surface area contributed by atoms with Crippen LogP contribution in [0.5, 0.6) is 11.5 Å². The fourth-order valence-electron chi connectivity index (χ4n) is 3.00. The molecule has 0 aliphatic rings. The highest BCUT2D eigenvalue weighted by atomic mass is 32.1. The number of fused-ring (bicyclic) bond motifs is 1. The summed E-state index contributed by atoms with van der Waals surface area (Å²) >= 11 is 1.21. The Morgan fingerprint density at radius 2 is 2.08 bits per heavy atom. The van der Waals surface area contributed by atoms with Crippen molar-refractivity contribution in [2.45, 2.75) is 26.7 Å². The van der Waals surface area contributed by atoms with Crippen LogP contribution < -0.4 is 9.47 Å². The Bertz CT molecular complexity index is 942. The molecule has 6 nitrogen and oxygen atoms in total. The van der Waals surface area contributed by atoms with Crippen LogP contribution in [0.2, 0.25) is 0 Å². The number of nitrogens with zero attached hydrogens (tertiary/aromatic N) is 2. The molecule has 0 radical (unpaired) electrons. The lowest BCUT2D eigenvalue weighted by Gasteiger charge is -2.10. The van der Waals surface area contributed by atoms with E-state index in [-0.39, 0.29) is 0 Å². The molecule has 1 aromatic carbocycles. The van der Waals surface area contributed by atoms with Crippen molar-refractivity contribution in [1.82, 2.24) is 9.38 Å². The molecule has 132 valence electrons. The molecule has 0 fully saturated rings. The average Bonchev–Trinajstić information content (AvgIpc) is 3.12. The number of hydrogen-bond donors (Lipinski definition) is 1. The van der Waals surface area contributed by atoms with Gasteiger partial charge in [0.1, 0.15) is 16.4 Å². The van der Waals surface area contributed by atoms with Gasteiger partial charge in [-0.3, -0.25) is 4.40 Å². The van der Waals surface area contributed by atoms with Gasteiger partial charge in [-0.2, -0.15) is 0 Å². The van der Waals surface area contributed by atoms with Crippen molar-refractivity contribution in [2.75, 3.05) is 14.2 Å². The van der Waals surface area contributed by atoms with Gasteiger partial charge in [-0.05, 0) is 31.5 Å². The van der Waals surface area contributed by atoms with Crippen LogP contribution in [0.4, 0.5) is 0 Å². The van der Waals surface area contributed by atoms with E-state index < -0.39 is 5.97 Å². The average molecular weight is 360 g/mol. The first-order chi connectivity index (χ1) is 12.0. The highest BCUT2D eigenvalue weighted by molar-refractivity contribution is 7.19. The number of aromatic carboxylic acids is 1. The van der Waals surface area contributed by atoms with Crippen molar-refractivity contribution < 1.29 is 19.4 Å². The van der Waals surface area contributed by atoms with Gasteiger partial charge in [-0.15, -0.1) is 0 Å². The number of carboxylic acid groups (broad SMARTS) is 1. The topological polar surface area (TPSA) is 73.1 Å². The third kappa shape index (κ3) is 2.84. The fraction of sp³-hybridized carbons (Fsp3) is 0.333. The number of hydrogen-bond acceptors (Lipinski definition) is 5. The molecule has 0 saturated carbocycles. The van der Waals surface area contributed by atoms with Gasteiger partial charge in [0.2, 0.25) is 0 Å². The SMILES string of the molecule is CCCc1c(C(=O)O)sc2nc(-c3cc(OC)ccc3OC)c(C)n12. The summed E-state index contributed by atoms with van der Waals surface area (Å²) in [5.41, 5.74) is 3.30. The van der Waals surface area contributed by atoms with Crippen LogP contribution in [0.15, 0.2) is 18.2 Å². The zero-order valence-corrected chi connectivity index (χ0v) is 15.4. The number of aryl methyl sites for hydroxylation is 2. The molecule has 0 unspecified atom stereocenters. The van der Waals surface area contributed by atoms with Crippen LogP contribution in [0.25, 0.3) is 16.2 Å². The standard InChI is InChI=1S/C18H20N2O4S/c1-5-6-13-16(17(21)22)25-18-19-15(10(2)20(13)18)12-9-11(23-3)7-8-14(12)24-4/h7-9H,5-6H2,1-4H3,(H,21,22). The number of thiazole rings is 1. The molecule has 7 heteroatoms. The largest absolute Gasteiger partial charge is 0.497 e. The lowest BCUT2D eigenvalue weighted by molar-refractivity contribution is 0.0700. The molecule has 3 rings (SSSR count). The molecule has 2 aromatic heterocycles. The summed E-state index contributed by atoms with van der Waals surface area (Å²) in [5, 5.41) is 9.47. The first kappa shape index (κ1) is 17.3. The van der Waals surface area contributed by atoms with Crippen LogP contribution in [-0.2, 0) is 6.42 Å². The number of rotatable bonds is 6. The number of ether oxygens (including phenoxy) is 2. The Morgan fingerprint density at radius 3 is 2.68 bits per heavy atom. The molecule has 0 saturated heterocycles. The number of carboxylic acids is 1. The second-order valence-electron chi connectivity index (χ2n) is 5.66. The zero-order chi connectivity index (χ0) is 18.1. The second-order valence-corrected chi connectivity index (χ2v) is 6.64. The van der Waals surface area contributed by atoms with Gasteiger partial charge in [-0.25, -0.2) is 9.78 Å². The molecular formula is C18H20N2O4S. The van der Waals surface area contributed by atoms with E-state index in [2.05, 4.69) is 0 Å². The highest BCUT2D eigenvalue weighted by Gasteiger charge is 2.23. The smallest absolute Gasteiger partial charge is 0.347 e. The van der Waals surface area contributed by atoms with Crippen LogP contribution in [0.1, 0.15) is 34.4 Å². The van der Waals surface area contributed by atoms with Crippen LogP contribution in [-0.4, -0.2) is 34.7 Å². The van der Waals surface area contributed by atoms with E-state index in [0.717, 1.165) is 29.1 Å². The number of methoxy groups -OCH3 is 2. The molecule has 2 heterocycles. The number of carbonyl (C=O) groups is 1. The van der Waals surface area contributed by atoms with Crippen molar-refractivity contribution in [3.63, 3.8) is 0 Å². The van der Waals surface area contributed by atoms with Crippen LogP contribution >= 0.6 is 11.3 Å². The molecule has 0 aliphatic carbocycles. The van der Waals surface area contributed by atoms with E-state index in [1.807, 2.05) is 36.4 Å². The summed E-state index contributed by atoms with van der Waals surface area (Å²) in [6, 6.07) is 5.56. The Labute approximate surface area is 149 Å². The Balaban J connectivity index is 2.26. The Hall–Kier alpha value is -2.54. The maximum absolute atomic E-state index is 11.5. The summed E-state index contributed by atoms with van der Waals surface area (Å²) in [4.78, 5) is 17.3. The number of imidazole rings is 1. The van der Waals surface area contributed by atoms with Crippen molar-refractivity contribution in [3.05, 3.63) is 34.5 Å². The fourth-order valence-corrected chi connectivity index (χ4v) is 4.05. The summed E-state index contributed by atoms with van der Waals surface area (Å²) in [5.74, 6) is 0.510. The number of aromatic nitrogens is 2. The highest BCUT2D eigenvalue weighted by Crippen LogP contribution is 2.37. The van der Waals surface area contributed by atoms with Crippen molar-refractivity contribution >= 4 is 22.3 Å². The zero-order valence-electron chi connectivity index (χ0n) is 14.6. The van der Waals surface area contributed by atoms with E-state index in [4.69, 9.17) is 14.5 Å². The first-order valence-electron chi connectivity index (χ1n) is 7.98. The third-order valence-corrected chi connectivity index (χ3v) is 5.22. The molecular weight excluding hydrogens is 340 g/mol. The van der Waals surface area contributed by atoms with E-state index >= 15 is 0 Å². The van der Waals surface area contributed by atoms with Gasteiger partial charge in [-0.1, -0.05) is 24.7 Å². The van der Waals surface area contributed by atoms with Gasteiger partial charge in [0, 0.05) is 17.0 Å². The second kappa shape index (κ2) is 6.76. The van der Waals surface area contributed by atoms with E-state index in [1.54, 1.807) is 14.2 Å². The third-order valence-electron chi connectivity index (χ3n) is 4.15. The van der Waals surface area contributed by atoms with Gasteiger partial charge in [0.15, 0.2) is 4.96 Å². The lowest BCUT2D eigenvalue weighted by Crippen LogP contribution is -2.02. The van der Waals surface area contributed by atoms with Gasteiger partial charge < -0.3 is 14.6 Å². The van der Waals surface area contributed by atoms with Gasteiger partial charge in [0.25, 0.3) is 0 Å². The van der Waals surface area contributed by atoms with Gasteiger partial charge in [0.05, 0.1) is 19.9 Å². The molecule has 3 aromatic rings.